The monoisotopic (exact) mass is 402 g/mol. The molecule has 0 spiro atoms. The van der Waals surface area contributed by atoms with Crippen LogP contribution in [0.5, 0.6) is 0 Å². The standard InChI is InChI=1S/C21H23FN2O3S/c22-19-7-3-6-18(14-19)21(25)23-10-12-24(13-11-23)28(26,27)20-9-8-16-4-1-2-5-17(16)15-20/h3,6-9,14-15H,1-2,4-5,10-13H2. The summed E-state index contributed by atoms with van der Waals surface area (Å²) in [6.45, 7) is 1.06. The lowest BCUT2D eigenvalue weighted by atomic mass is 9.92. The fourth-order valence-corrected chi connectivity index (χ4v) is 5.43. The lowest BCUT2D eigenvalue weighted by Crippen LogP contribution is -2.50. The fraction of sp³-hybridized carbons (Fsp3) is 0.381. The van der Waals surface area contributed by atoms with Crippen molar-refractivity contribution in [3.63, 3.8) is 0 Å². The minimum absolute atomic E-state index is 0.237. The average Bonchev–Trinajstić information content (AvgIpc) is 2.73. The zero-order valence-electron chi connectivity index (χ0n) is 15.6. The predicted octanol–water partition coefficient (Wildman–Crippen LogP) is 2.85. The van der Waals surface area contributed by atoms with Gasteiger partial charge < -0.3 is 4.90 Å². The van der Waals surface area contributed by atoms with Gasteiger partial charge in [0, 0.05) is 31.7 Å². The summed E-state index contributed by atoms with van der Waals surface area (Å²) in [6.07, 6.45) is 4.18. The van der Waals surface area contributed by atoms with E-state index in [1.807, 2.05) is 12.1 Å². The summed E-state index contributed by atoms with van der Waals surface area (Å²) in [6, 6.07) is 11.0. The van der Waals surface area contributed by atoms with Crippen LogP contribution in [0, 0.1) is 5.82 Å². The van der Waals surface area contributed by atoms with Gasteiger partial charge in [-0.25, -0.2) is 12.8 Å². The van der Waals surface area contributed by atoms with Gasteiger partial charge in [-0.1, -0.05) is 12.1 Å². The highest BCUT2D eigenvalue weighted by Crippen LogP contribution is 2.26. The molecule has 2 aromatic carbocycles. The molecule has 0 atom stereocenters. The van der Waals surface area contributed by atoms with Crippen molar-refractivity contribution in [2.45, 2.75) is 30.6 Å². The third-order valence-corrected chi connectivity index (χ3v) is 7.45. The smallest absolute Gasteiger partial charge is 0.254 e. The van der Waals surface area contributed by atoms with Crippen LogP contribution >= 0.6 is 0 Å². The molecule has 2 aliphatic rings. The molecule has 0 saturated carbocycles. The Hall–Kier alpha value is -2.25. The number of carbonyl (C=O) groups excluding carboxylic acids is 1. The number of fused-ring (bicyclic) bond motifs is 1. The molecule has 148 valence electrons. The summed E-state index contributed by atoms with van der Waals surface area (Å²) < 4.78 is 40.9. The maximum Gasteiger partial charge on any atom is 0.254 e. The number of halogens is 1. The summed E-state index contributed by atoms with van der Waals surface area (Å²) in [5, 5.41) is 0. The first-order valence-electron chi connectivity index (χ1n) is 9.62. The third kappa shape index (κ3) is 3.69. The lowest BCUT2D eigenvalue weighted by molar-refractivity contribution is 0.0697. The normalized spacial score (nSPS) is 18.0. The van der Waals surface area contributed by atoms with Gasteiger partial charge in [-0.2, -0.15) is 4.31 Å². The van der Waals surface area contributed by atoms with Crippen molar-refractivity contribution in [2.75, 3.05) is 26.2 Å². The Bertz CT molecular complexity index is 998. The van der Waals surface area contributed by atoms with Crippen LogP contribution in [0.1, 0.15) is 34.3 Å². The van der Waals surface area contributed by atoms with E-state index >= 15 is 0 Å². The quantitative estimate of drug-likeness (QED) is 0.793. The highest BCUT2D eigenvalue weighted by molar-refractivity contribution is 7.89. The van der Waals surface area contributed by atoms with Crippen LogP contribution in [0.2, 0.25) is 0 Å². The molecule has 1 saturated heterocycles. The minimum Gasteiger partial charge on any atom is -0.336 e. The number of rotatable bonds is 3. The van der Waals surface area contributed by atoms with Gasteiger partial charge in [0.15, 0.2) is 0 Å². The van der Waals surface area contributed by atoms with E-state index in [0.717, 1.165) is 31.2 Å². The molecule has 0 unspecified atom stereocenters. The van der Waals surface area contributed by atoms with Gasteiger partial charge in [0.25, 0.3) is 5.91 Å². The number of amides is 1. The molecule has 1 amide bonds. The number of piperazine rings is 1. The number of hydrogen-bond acceptors (Lipinski definition) is 3. The molecular weight excluding hydrogens is 379 g/mol. The van der Waals surface area contributed by atoms with Crippen molar-refractivity contribution < 1.29 is 17.6 Å². The van der Waals surface area contributed by atoms with E-state index in [4.69, 9.17) is 0 Å². The van der Waals surface area contributed by atoms with Crippen LogP contribution < -0.4 is 0 Å². The van der Waals surface area contributed by atoms with E-state index in [0.29, 0.717) is 18.0 Å². The number of hydrogen-bond donors (Lipinski definition) is 0. The van der Waals surface area contributed by atoms with E-state index in [9.17, 15) is 17.6 Å². The van der Waals surface area contributed by atoms with E-state index in [-0.39, 0.29) is 24.6 Å². The molecule has 1 heterocycles. The van der Waals surface area contributed by atoms with Gasteiger partial charge in [-0.3, -0.25) is 4.79 Å². The SMILES string of the molecule is O=C(c1cccc(F)c1)N1CCN(S(=O)(=O)c2ccc3c(c2)CCCC3)CC1. The molecule has 28 heavy (non-hydrogen) atoms. The third-order valence-electron chi connectivity index (χ3n) is 5.56. The van der Waals surface area contributed by atoms with Gasteiger partial charge in [-0.15, -0.1) is 0 Å². The molecule has 2 aromatic rings. The van der Waals surface area contributed by atoms with Gasteiger partial charge in [0.05, 0.1) is 4.90 Å². The zero-order chi connectivity index (χ0) is 19.7. The van der Waals surface area contributed by atoms with Crippen LogP contribution in [0.25, 0.3) is 0 Å². The average molecular weight is 402 g/mol. The predicted molar refractivity (Wildman–Crippen MR) is 104 cm³/mol. The maximum atomic E-state index is 13.4. The van der Waals surface area contributed by atoms with Crippen LogP contribution in [0.4, 0.5) is 4.39 Å². The lowest BCUT2D eigenvalue weighted by Gasteiger charge is -2.34. The number of carbonyl (C=O) groups is 1. The number of nitrogens with zero attached hydrogens (tertiary/aromatic N) is 2. The van der Waals surface area contributed by atoms with E-state index < -0.39 is 15.8 Å². The minimum atomic E-state index is -3.58. The molecule has 0 radical (unpaired) electrons. The highest BCUT2D eigenvalue weighted by Gasteiger charge is 2.31. The fourth-order valence-electron chi connectivity index (χ4n) is 3.95. The Morgan fingerprint density at radius 3 is 2.32 bits per heavy atom. The summed E-state index contributed by atoms with van der Waals surface area (Å²) >= 11 is 0. The van der Waals surface area contributed by atoms with Gasteiger partial charge in [0.1, 0.15) is 5.82 Å². The first kappa shape index (κ1) is 19.1. The number of benzene rings is 2. The highest BCUT2D eigenvalue weighted by atomic mass is 32.2. The van der Waals surface area contributed by atoms with Gasteiger partial charge >= 0.3 is 0 Å². The van der Waals surface area contributed by atoms with Crippen LogP contribution in [0.15, 0.2) is 47.4 Å². The van der Waals surface area contributed by atoms with E-state index in [1.54, 1.807) is 17.0 Å². The molecule has 0 bridgehead atoms. The molecule has 7 heteroatoms. The molecule has 4 rings (SSSR count). The summed E-state index contributed by atoms with van der Waals surface area (Å²) in [5.74, 6) is -0.732. The van der Waals surface area contributed by atoms with E-state index in [1.165, 1.54) is 28.1 Å². The zero-order valence-corrected chi connectivity index (χ0v) is 16.4. The van der Waals surface area contributed by atoms with Crippen LogP contribution in [0.3, 0.4) is 0 Å². The topological polar surface area (TPSA) is 57.7 Å². The number of aryl methyl sites for hydroxylation is 2. The molecule has 1 fully saturated rings. The van der Waals surface area contributed by atoms with Gasteiger partial charge in [0.2, 0.25) is 10.0 Å². The van der Waals surface area contributed by atoms with Crippen molar-refractivity contribution in [1.29, 1.82) is 0 Å². The summed E-state index contributed by atoms with van der Waals surface area (Å²) in [5.41, 5.74) is 2.66. The molecular formula is C21H23FN2O3S. The molecule has 0 N–H and O–H groups in total. The second kappa shape index (κ2) is 7.64. The first-order chi connectivity index (χ1) is 13.4. The second-order valence-electron chi connectivity index (χ2n) is 7.34. The molecule has 0 aromatic heterocycles. The Balaban J connectivity index is 1.46. The van der Waals surface area contributed by atoms with Crippen molar-refractivity contribution in [1.82, 2.24) is 9.21 Å². The van der Waals surface area contributed by atoms with Crippen LogP contribution in [-0.2, 0) is 22.9 Å². The molecule has 1 aliphatic carbocycles. The van der Waals surface area contributed by atoms with Crippen molar-refractivity contribution in [3.8, 4) is 0 Å². The van der Waals surface area contributed by atoms with Crippen molar-refractivity contribution in [3.05, 3.63) is 65.0 Å². The molecule has 5 nitrogen and oxygen atoms in total. The van der Waals surface area contributed by atoms with Crippen molar-refractivity contribution in [2.24, 2.45) is 0 Å². The Kier molecular flexibility index (Phi) is 5.21. The largest absolute Gasteiger partial charge is 0.336 e. The first-order valence-corrected chi connectivity index (χ1v) is 11.1. The molecule has 1 aliphatic heterocycles. The van der Waals surface area contributed by atoms with Gasteiger partial charge in [-0.05, 0) is 67.1 Å². The number of sulfonamides is 1. The Morgan fingerprint density at radius 1 is 0.893 bits per heavy atom. The van der Waals surface area contributed by atoms with Crippen molar-refractivity contribution >= 4 is 15.9 Å². The second-order valence-corrected chi connectivity index (χ2v) is 9.28. The summed E-state index contributed by atoms with van der Waals surface area (Å²) in [4.78, 5) is 14.4. The Labute approximate surface area is 164 Å². The van der Waals surface area contributed by atoms with Crippen LogP contribution in [-0.4, -0.2) is 49.7 Å². The Morgan fingerprint density at radius 2 is 1.61 bits per heavy atom. The van der Waals surface area contributed by atoms with E-state index in [2.05, 4.69) is 0 Å². The maximum absolute atomic E-state index is 13.4. The summed E-state index contributed by atoms with van der Waals surface area (Å²) in [7, 11) is -3.58.